The number of methoxy groups -OCH3 is 1. The summed E-state index contributed by atoms with van der Waals surface area (Å²) in [5.41, 5.74) is 1.64. The van der Waals surface area contributed by atoms with Crippen molar-refractivity contribution < 1.29 is 18.3 Å². The van der Waals surface area contributed by atoms with Crippen LogP contribution in [-0.2, 0) is 16.3 Å². The Kier molecular flexibility index (Phi) is 9.34. The van der Waals surface area contributed by atoms with Gasteiger partial charge in [0.2, 0.25) is 9.84 Å². The molecule has 5 nitrogen and oxygen atoms in total. The highest BCUT2D eigenvalue weighted by molar-refractivity contribution is 7.91. The Morgan fingerprint density at radius 1 is 1.00 bits per heavy atom. The van der Waals surface area contributed by atoms with Crippen LogP contribution in [0.2, 0.25) is 5.02 Å². The lowest BCUT2D eigenvalue weighted by Gasteiger charge is -2.13. The summed E-state index contributed by atoms with van der Waals surface area (Å²) < 4.78 is 31.0. The van der Waals surface area contributed by atoms with E-state index >= 15 is 0 Å². The standard InChI is InChI=1S/C23H24ClNO4S.ClH/c1-29-20-8-4-10-22(15-20)30(27,28)21-9-2-5-17(13-21)11-12-25-16-23(26)18-6-3-7-19(24)14-18;/h2-10,13-15,23,25-26H,11-12,16H2,1H3;1H/t23-;/m0./s1. The molecule has 1 atom stereocenters. The van der Waals surface area contributed by atoms with Gasteiger partial charge in [-0.05, 0) is 66.6 Å². The van der Waals surface area contributed by atoms with E-state index in [0.717, 1.165) is 11.1 Å². The number of hydrogen-bond donors (Lipinski definition) is 2. The van der Waals surface area contributed by atoms with Crippen LogP contribution >= 0.6 is 24.0 Å². The van der Waals surface area contributed by atoms with Gasteiger partial charge in [0.1, 0.15) is 5.75 Å². The van der Waals surface area contributed by atoms with E-state index < -0.39 is 15.9 Å². The molecule has 3 aromatic carbocycles. The topological polar surface area (TPSA) is 75.6 Å². The maximum Gasteiger partial charge on any atom is 0.206 e. The van der Waals surface area contributed by atoms with Gasteiger partial charge in [0.15, 0.2) is 0 Å². The van der Waals surface area contributed by atoms with Crippen molar-refractivity contribution in [3.63, 3.8) is 0 Å². The highest BCUT2D eigenvalue weighted by Gasteiger charge is 2.18. The zero-order valence-electron chi connectivity index (χ0n) is 17.0. The minimum atomic E-state index is -3.63. The Morgan fingerprint density at radius 3 is 2.39 bits per heavy atom. The predicted molar refractivity (Wildman–Crippen MR) is 125 cm³/mol. The molecule has 0 aromatic heterocycles. The van der Waals surface area contributed by atoms with E-state index in [0.29, 0.717) is 30.3 Å². The third-order valence-electron chi connectivity index (χ3n) is 4.72. The smallest absolute Gasteiger partial charge is 0.206 e. The summed E-state index contributed by atoms with van der Waals surface area (Å²) in [6, 6.07) is 20.5. The molecular weight excluding hydrogens is 457 g/mol. The fraction of sp³-hybridized carbons (Fsp3) is 0.217. The van der Waals surface area contributed by atoms with Gasteiger partial charge in [-0.1, -0.05) is 41.9 Å². The second kappa shape index (κ2) is 11.5. The van der Waals surface area contributed by atoms with Gasteiger partial charge in [0, 0.05) is 11.6 Å². The Balaban J connectivity index is 0.00000341. The van der Waals surface area contributed by atoms with Crippen molar-refractivity contribution in [1.82, 2.24) is 5.32 Å². The van der Waals surface area contributed by atoms with Crippen LogP contribution in [-0.4, -0.2) is 33.7 Å². The zero-order chi connectivity index (χ0) is 21.6. The van der Waals surface area contributed by atoms with E-state index in [1.54, 1.807) is 54.6 Å². The molecule has 0 bridgehead atoms. The summed E-state index contributed by atoms with van der Waals surface area (Å²) in [5.74, 6) is 0.495. The van der Waals surface area contributed by atoms with Gasteiger partial charge in [-0.25, -0.2) is 8.42 Å². The van der Waals surface area contributed by atoms with Crippen LogP contribution in [0.4, 0.5) is 0 Å². The van der Waals surface area contributed by atoms with Crippen LogP contribution in [0.5, 0.6) is 5.75 Å². The lowest BCUT2D eigenvalue weighted by atomic mass is 10.1. The average molecular weight is 482 g/mol. The van der Waals surface area contributed by atoms with E-state index in [1.165, 1.54) is 13.2 Å². The Labute approximate surface area is 194 Å². The predicted octanol–water partition coefficient (Wildman–Crippen LogP) is 4.47. The molecule has 3 aromatic rings. The molecule has 2 N–H and O–H groups in total. The van der Waals surface area contributed by atoms with Crippen molar-refractivity contribution in [2.45, 2.75) is 22.3 Å². The first kappa shape index (κ1) is 25.2. The van der Waals surface area contributed by atoms with Crippen molar-refractivity contribution in [2.75, 3.05) is 20.2 Å². The quantitative estimate of drug-likeness (QED) is 0.441. The van der Waals surface area contributed by atoms with Crippen LogP contribution in [0.25, 0.3) is 0 Å². The van der Waals surface area contributed by atoms with Crippen molar-refractivity contribution in [3.8, 4) is 5.75 Å². The molecule has 0 aliphatic carbocycles. The summed E-state index contributed by atoms with van der Waals surface area (Å²) in [5, 5.41) is 14.0. The van der Waals surface area contributed by atoms with E-state index in [4.69, 9.17) is 16.3 Å². The number of hydrogen-bond acceptors (Lipinski definition) is 5. The van der Waals surface area contributed by atoms with E-state index in [9.17, 15) is 13.5 Å². The molecule has 166 valence electrons. The van der Waals surface area contributed by atoms with Gasteiger partial charge < -0.3 is 15.2 Å². The minimum Gasteiger partial charge on any atom is -0.497 e. The Bertz CT molecular complexity index is 1110. The van der Waals surface area contributed by atoms with Crippen molar-refractivity contribution >= 4 is 33.8 Å². The summed E-state index contributed by atoms with van der Waals surface area (Å²) >= 11 is 5.96. The van der Waals surface area contributed by atoms with Crippen LogP contribution in [0.15, 0.2) is 82.6 Å². The van der Waals surface area contributed by atoms with Crippen LogP contribution in [0.3, 0.4) is 0 Å². The largest absolute Gasteiger partial charge is 0.497 e. The van der Waals surface area contributed by atoms with Gasteiger partial charge in [0.05, 0.1) is 23.0 Å². The number of rotatable bonds is 9. The van der Waals surface area contributed by atoms with Crippen LogP contribution < -0.4 is 10.1 Å². The summed E-state index contributed by atoms with van der Waals surface area (Å²) in [6.45, 7) is 0.975. The molecule has 0 aliphatic rings. The molecule has 0 heterocycles. The number of benzene rings is 3. The zero-order valence-corrected chi connectivity index (χ0v) is 19.4. The molecule has 0 saturated heterocycles. The van der Waals surface area contributed by atoms with Crippen molar-refractivity contribution in [3.05, 3.63) is 88.9 Å². The average Bonchev–Trinajstić information content (AvgIpc) is 2.77. The van der Waals surface area contributed by atoms with Gasteiger partial charge >= 0.3 is 0 Å². The lowest BCUT2D eigenvalue weighted by Crippen LogP contribution is -2.23. The summed E-state index contributed by atoms with van der Waals surface area (Å²) in [6.07, 6.45) is -0.0347. The molecule has 0 fully saturated rings. The minimum absolute atomic E-state index is 0. The second-order valence-corrected chi connectivity index (χ2v) is 9.24. The molecule has 3 rings (SSSR count). The molecule has 31 heavy (non-hydrogen) atoms. The Hall–Kier alpha value is -2.09. The van der Waals surface area contributed by atoms with Crippen molar-refractivity contribution in [1.29, 1.82) is 0 Å². The highest BCUT2D eigenvalue weighted by atomic mass is 35.5. The monoisotopic (exact) mass is 481 g/mol. The first-order valence-corrected chi connectivity index (χ1v) is 11.4. The SMILES string of the molecule is COc1cccc(S(=O)(=O)c2cccc(CCNC[C@H](O)c3cccc(Cl)c3)c2)c1.Cl. The maximum absolute atomic E-state index is 12.9. The van der Waals surface area contributed by atoms with Gasteiger partial charge in [-0.15, -0.1) is 12.4 Å². The third kappa shape index (κ3) is 6.69. The maximum atomic E-state index is 12.9. The van der Waals surface area contributed by atoms with E-state index in [1.807, 2.05) is 12.1 Å². The molecule has 0 radical (unpaired) electrons. The van der Waals surface area contributed by atoms with Crippen molar-refractivity contribution in [2.24, 2.45) is 0 Å². The number of halogens is 2. The van der Waals surface area contributed by atoms with Gasteiger partial charge in [0.25, 0.3) is 0 Å². The highest BCUT2D eigenvalue weighted by Crippen LogP contribution is 2.25. The normalized spacial score (nSPS) is 12.1. The van der Waals surface area contributed by atoms with E-state index in [2.05, 4.69) is 5.32 Å². The van der Waals surface area contributed by atoms with E-state index in [-0.39, 0.29) is 22.2 Å². The number of aliphatic hydroxyl groups excluding tert-OH is 1. The lowest BCUT2D eigenvalue weighted by molar-refractivity contribution is 0.175. The van der Waals surface area contributed by atoms with Gasteiger partial charge in [-0.2, -0.15) is 0 Å². The third-order valence-corrected chi connectivity index (χ3v) is 6.71. The fourth-order valence-corrected chi connectivity index (χ4v) is 4.64. The molecule has 0 spiro atoms. The number of sulfone groups is 1. The molecule has 0 unspecified atom stereocenters. The number of aliphatic hydroxyl groups is 1. The first-order chi connectivity index (χ1) is 14.4. The molecular formula is C23H25Cl2NO4S. The molecule has 0 aliphatic heterocycles. The van der Waals surface area contributed by atoms with Crippen LogP contribution in [0, 0.1) is 0 Å². The number of nitrogens with one attached hydrogen (secondary N) is 1. The van der Waals surface area contributed by atoms with Crippen LogP contribution in [0.1, 0.15) is 17.2 Å². The van der Waals surface area contributed by atoms with Gasteiger partial charge in [-0.3, -0.25) is 0 Å². The fourth-order valence-electron chi connectivity index (χ4n) is 3.08. The molecule has 8 heteroatoms. The first-order valence-electron chi connectivity index (χ1n) is 9.52. The second-order valence-electron chi connectivity index (χ2n) is 6.85. The Morgan fingerprint density at radius 2 is 1.68 bits per heavy atom. The summed E-state index contributed by atoms with van der Waals surface area (Å²) in [7, 11) is -2.13. The summed E-state index contributed by atoms with van der Waals surface area (Å²) in [4.78, 5) is 0.439. The molecule has 0 amide bonds. The molecule has 0 saturated carbocycles. The number of ether oxygens (including phenoxy) is 1.